The molecule has 1 rings (SSSR count). The van der Waals surface area contributed by atoms with Gasteiger partial charge in [-0.25, -0.2) is 4.98 Å². The van der Waals surface area contributed by atoms with E-state index < -0.39 is 0 Å². The van der Waals surface area contributed by atoms with E-state index in [1.807, 2.05) is 25.3 Å². The van der Waals surface area contributed by atoms with Crippen LogP contribution in [0.4, 0.5) is 0 Å². The summed E-state index contributed by atoms with van der Waals surface area (Å²) in [7, 11) is 0. The summed E-state index contributed by atoms with van der Waals surface area (Å²) in [5, 5.41) is 8.56. The number of thioether (sulfide) groups is 1. The van der Waals surface area contributed by atoms with Crippen LogP contribution < -0.4 is 0 Å². The van der Waals surface area contributed by atoms with Crippen LogP contribution in [0.1, 0.15) is 11.4 Å². The summed E-state index contributed by atoms with van der Waals surface area (Å²) in [6.45, 7) is 1.89. The highest BCUT2D eigenvalue weighted by Gasteiger charge is 1.96. The lowest BCUT2D eigenvalue weighted by atomic mass is 10.3. The van der Waals surface area contributed by atoms with Crippen molar-refractivity contribution in [1.29, 1.82) is 5.26 Å². The summed E-state index contributed by atoms with van der Waals surface area (Å²) in [5.41, 5.74) is 1.39. The Morgan fingerprint density at radius 1 is 1.55 bits per heavy atom. The molecular weight excluding hydrogens is 156 g/mol. The van der Waals surface area contributed by atoms with Crippen LogP contribution in [0.3, 0.4) is 0 Å². The number of hydrogen-bond acceptors (Lipinski definition) is 3. The van der Waals surface area contributed by atoms with E-state index in [9.17, 15) is 0 Å². The Kier molecular flexibility index (Phi) is 2.50. The molecule has 0 spiro atoms. The maximum absolute atomic E-state index is 8.56. The van der Waals surface area contributed by atoms with Gasteiger partial charge in [-0.15, -0.1) is 11.8 Å². The highest BCUT2D eigenvalue weighted by molar-refractivity contribution is 7.98. The summed E-state index contributed by atoms with van der Waals surface area (Å²) in [4.78, 5) is 5.12. The largest absolute Gasteiger partial charge is 0.242 e. The summed E-state index contributed by atoms with van der Waals surface area (Å²) in [6, 6.07) is 5.77. The van der Waals surface area contributed by atoms with Crippen LogP contribution in [0.5, 0.6) is 0 Å². The molecule has 56 valence electrons. The SMILES string of the molecule is CSc1cc(C)nc(C#N)c1. The Hall–Kier alpha value is -1.01. The van der Waals surface area contributed by atoms with Crippen molar-refractivity contribution in [2.24, 2.45) is 0 Å². The predicted molar refractivity (Wildman–Crippen MR) is 45.5 cm³/mol. The van der Waals surface area contributed by atoms with Gasteiger partial charge < -0.3 is 0 Å². The van der Waals surface area contributed by atoms with Crippen LogP contribution in [0.2, 0.25) is 0 Å². The van der Waals surface area contributed by atoms with Gasteiger partial charge in [-0.1, -0.05) is 0 Å². The van der Waals surface area contributed by atoms with E-state index in [1.54, 1.807) is 17.8 Å². The van der Waals surface area contributed by atoms with Crippen molar-refractivity contribution in [3.8, 4) is 6.07 Å². The maximum Gasteiger partial charge on any atom is 0.141 e. The van der Waals surface area contributed by atoms with E-state index in [2.05, 4.69) is 4.98 Å². The van der Waals surface area contributed by atoms with E-state index in [4.69, 9.17) is 5.26 Å². The molecule has 0 amide bonds. The van der Waals surface area contributed by atoms with Crippen LogP contribution in [0.25, 0.3) is 0 Å². The first-order chi connectivity index (χ1) is 5.26. The number of aryl methyl sites for hydroxylation is 1. The van der Waals surface area contributed by atoms with Gasteiger partial charge in [0.2, 0.25) is 0 Å². The van der Waals surface area contributed by atoms with Crippen molar-refractivity contribution < 1.29 is 0 Å². The highest BCUT2D eigenvalue weighted by Crippen LogP contribution is 2.15. The Balaban J connectivity index is 3.15. The molecule has 1 heterocycles. The van der Waals surface area contributed by atoms with Crippen LogP contribution in [-0.4, -0.2) is 11.2 Å². The second kappa shape index (κ2) is 3.40. The van der Waals surface area contributed by atoms with Crippen molar-refractivity contribution in [1.82, 2.24) is 4.98 Å². The first-order valence-corrected chi connectivity index (χ1v) is 4.41. The number of pyridine rings is 1. The summed E-state index contributed by atoms with van der Waals surface area (Å²) in [6.07, 6.45) is 1.98. The fourth-order valence-electron chi connectivity index (χ4n) is 0.812. The third-order valence-corrected chi connectivity index (χ3v) is 1.98. The quantitative estimate of drug-likeness (QED) is 0.595. The van der Waals surface area contributed by atoms with Gasteiger partial charge in [0, 0.05) is 10.6 Å². The zero-order valence-electron chi connectivity index (χ0n) is 6.46. The zero-order valence-corrected chi connectivity index (χ0v) is 7.27. The average molecular weight is 164 g/mol. The Morgan fingerprint density at radius 2 is 2.27 bits per heavy atom. The van der Waals surface area contributed by atoms with E-state index >= 15 is 0 Å². The molecule has 1 aromatic rings. The highest BCUT2D eigenvalue weighted by atomic mass is 32.2. The fourth-order valence-corrected chi connectivity index (χ4v) is 1.33. The lowest BCUT2D eigenvalue weighted by Crippen LogP contribution is -1.86. The summed E-state index contributed by atoms with van der Waals surface area (Å²) < 4.78 is 0. The van der Waals surface area contributed by atoms with Crippen molar-refractivity contribution in [2.45, 2.75) is 11.8 Å². The molecule has 0 saturated carbocycles. The Labute approximate surface area is 70.3 Å². The Morgan fingerprint density at radius 3 is 2.82 bits per heavy atom. The standard InChI is InChI=1S/C8H8N2S/c1-6-3-8(11-2)4-7(5-9)10-6/h3-4H,1-2H3. The molecule has 0 aromatic carbocycles. The normalized spacial score (nSPS) is 9.18. The third kappa shape index (κ3) is 1.95. The van der Waals surface area contributed by atoms with Crippen LogP contribution in [0.15, 0.2) is 17.0 Å². The second-order valence-electron chi connectivity index (χ2n) is 2.15. The van der Waals surface area contributed by atoms with Crippen LogP contribution >= 0.6 is 11.8 Å². The molecule has 0 bridgehead atoms. The van der Waals surface area contributed by atoms with Gasteiger partial charge in [0.25, 0.3) is 0 Å². The van der Waals surface area contributed by atoms with E-state index in [-0.39, 0.29) is 0 Å². The molecule has 11 heavy (non-hydrogen) atoms. The molecule has 1 aromatic heterocycles. The average Bonchev–Trinajstić information content (AvgIpc) is 2.03. The molecule has 0 aliphatic heterocycles. The number of nitriles is 1. The molecule has 0 atom stereocenters. The molecule has 2 nitrogen and oxygen atoms in total. The lowest BCUT2D eigenvalue weighted by Gasteiger charge is -1.97. The lowest BCUT2D eigenvalue weighted by molar-refractivity contribution is 1.13. The molecule has 0 N–H and O–H groups in total. The minimum absolute atomic E-state index is 0.495. The maximum atomic E-state index is 8.56. The van der Waals surface area contributed by atoms with Gasteiger partial charge in [0.1, 0.15) is 11.8 Å². The van der Waals surface area contributed by atoms with Crippen molar-refractivity contribution in [2.75, 3.05) is 6.26 Å². The fraction of sp³-hybridized carbons (Fsp3) is 0.250. The minimum Gasteiger partial charge on any atom is -0.242 e. The first kappa shape index (κ1) is 8.09. The molecule has 0 aliphatic rings. The van der Waals surface area contributed by atoms with Crippen LogP contribution in [-0.2, 0) is 0 Å². The topological polar surface area (TPSA) is 36.7 Å². The van der Waals surface area contributed by atoms with E-state index in [1.165, 1.54) is 0 Å². The third-order valence-electron chi connectivity index (χ3n) is 1.28. The van der Waals surface area contributed by atoms with Gasteiger partial charge >= 0.3 is 0 Å². The van der Waals surface area contributed by atoms with Gasteiger partial charge in [-0.2, -0.15) is 5.26 Å². The zero-order chi connectivity index (χ0) is 8.27. The van der Waals surface area contributed by atoms with Gasteiger partial charge in [-0.05, 0) is 25.3 Å². The number of hydrogen-bond donors (Lipinski definition) is 0. The minimum atomic E-state index is 0.495. The first-order valence-electron chi connectivity index (χ1n) is 3.19. The van der Waals surface area contributed by atoms with Gasteiger partial charge in [-0.3, -0.25) is 0 Å². The number of aromatic nitrogens is 1. The number of rotatable bonds is 1. The van der Waals surface area contributed by atoms with Gasteiger partial charge in [0.15, 0.2) is 0 Å². The second-order valence-corrected chi connectivity index (χ2v) is 3.03. The summed E-state index contributed by atoms with van der Waals surface area (Å²) >= 11 is 1.62. The summed E-state index contributed by atoms with van der Waals surface area (Å²) in [5.74, 6) is 0. The molecule has 0 saturated heterocycles. The number of nitrogens with zero attached hydrogens (tertiary/aromatic N) is 2. The van der Waals surface area contributed by atoms with Crippen LogP contribution in [0, 0.1) is 18.3 Å². The van der Waals surface area contributed by atoms with Crippen molar-refractivity contribution >= 4 is 11.8 Å². The predicted octanol–water partition coefficient (Wildman–Crippen LogP) is 1.98. The molecule has 0 fully saturated rings. The molecule has 0 radical (unpaired) electrons. The molecule has 0 aliphatic carbocycles. The molecule has 0 unspecified atom stereocenters. The van der Waals surface area contributed by atoms with Crippen molar-refractivity contribution in [3.63, 3.8) is 0 Å². The molecular formula is C8H8N2S. The smallest absolute Gasteiger partial charge is 0.141 e. The molecule has 3 heteroatoms. The van der Waals surface area contributed by atoms with Crippen molar-refractivity contribution in [3.05, 3.63) is 23.5 Å². The monoisotopic (exact) mass is 164 g/mol. The Bertz CT molecular complexity index is 301. The van der Waals surface area contributed by atoms with E-state index in [0.29, 0.717) is 5.69 Å². The van der Waals surface area contributed by atoms with E-state index in [0.717, 1.165) is 10.6 Å². The van der Waals surface area contributed by atoms with Gasteiger partial charge in [0.05, 0.1) is 0 Å².